The average Bonchev–Trinajstić information content (AvgIpc) is 2.88. The molecule has 0 aliphatic carbocycles. The van der Waals surface area contributed by atoms with E-state index in [2.05, 4.69) is 42.2 Å². The number of rotatable bonds is 5. The molecule has 0 fully saturated rings. The van der Waals surface area contributed by atoms with Crippen LogP contribution in [0.4, 0.5) is 5.69 Å². The number of aromatic nitrogens is 3. The second kappa shape index (κ2) is 6.45. The van der Waals surface area contributed by atoms with Gasteiger partial charge in [0.25, 0.3) is 5.69 Å². The zero-order chi connectivity index (χ0) is 14.7. The lowest BCUT2D eigenvalue weighted by molar-refractivity contribution is -0.385. The van der Waals surface area contributed by atoms with Crippen molar-refractivity contribution in [2.45, 2.75) is 24.7 Å². The van der Waals surface area contributed by atoms with Gasteiger partial charge in [0.2, 0.25) is 0 Å². The maximum Gasteiger partial charge on any atom is 0.275 e. The lowest BCUT2D eigenvalue weighted by Crippen LogP contribution is -2.04. The lowest BCUT2D eigenvalue weighted by atomic mass is 10.2. The minimum absolute atomic E-state index is 0.0716. The molecule has 1 atom stereocenters. The smallest absolute Gasteiger partial charge is 0.258 e. The van der Waals surface area contributed by atoms with E-state index in [1.54, 1.807) is 23.0 Å². The molecule has 0 N–H and O–H groups in total. The van der Waals surface area contributed by atoms with Gasteiger partial charge in [-0.2, -0.15) is 0 Å². The second-order valence-corrected chi connectivity index (χ2v) is 6.27. The summed E-state index contributed by atoms with van der Waals surface area (Å²) in [5.74, 6) is 0. The van der Waals surface area contributed by atoms with E-state index >= 15 is 0 Å². The molecule has 8 heteroatoms. The Balaban J connectivity index is 2.26. The molecule has 0 saturated heterocycles. The van der Waals surface area contributed by atoms with Gasteiger partial charge in [0, 0.05) is 16.7 Å². The monoisotopic (exact) mass is 402 g/mol. The van der Waals surface area contributed by atoms with Gasteiger partial charge in [0.15, 0.2) is 0 Å². The van der Waals surface area contributed by atoms with Crippen molar-refractivity contribution < 1.29 is 4.92 Å². The summed E-state index contributed by atoms with van der Waals surface area (Å²) in [7, 11) is 0. The Bertz CT molecular complexity index is 630. The summed E-state index contributed by atoms with van der Waals surface area (Å²) in [4.78, 5) is 10.8. The summed E-state index contributed by atoms with van der Waals surface area (Å²) in [6.45, 7) is 2.36. The average molecular weight is 404 g/mol. The molecule has 2 aromatic rings. The predicted octanol–water partition coefficient (Wildman–Crippen LogP) is 3.84. The Morgan fingerprint density at radius 3 is 2.90 bits per heavy atom. The van der Waals surface area contributed by atoms with Crippen molar-refractivity contribution in [2.24, 2.45) is 0 Å². The van der Waals surface area contributed by atoms with Crippen LogP contribution in [0.5, 0.6) is 0 Å². The number of benzene rings is 1. The maximum atomic E-state index is 11.1. The first-order chi connectivity index (χ1) is 9.51. The molecule has 2 rings (SSSR count). The topological polar surface area (TPSA) is 73.8 Å². The van der Waals surface area contributed by atoms with Crippen LogP contribution in [0.3, 0.4) is 0 Å². The van der Waals surface area contributed by atoms with Crippen molar-refractivity contribution in [2.75, 3.05) is 0 Å². The van der Waals surface area contributed by atoms with Crippen LogP contribution in [-0.4, -0.2) is 19.9 Å². The van der Waals surface area contributed by atoms with Gasteiger partial charge in [-0.1, -0.05) is 44.0 Å². The maximum absolute atomic E-state index is 11.1. The van der Waals surface area contributed by atoms with Gasteiger partial charge >= 0.3 is 0 Å². The van der Waals surface area contributed by atoms with Gasteiger partial charge in [-0.05, 0) is 18.6 Å². The number of hydrogen-bond acceptors (Lipinski definition) is 4. The van der Waals surface area contributed by atoms with E-state index in [4.69, 9.17) is 0 Å². The van der Waals surface area contributed by atoms with Crippen LogP contribution in [0.25, 0.3) is 0 Å². The van der Waals surface area contributed by atoms with Crippen LogP contribution in [0, 0.1) is 10.1 Å². The standard InChI is InChI=1S/C12H12Br2N4O2/c1-2-10(14)11-7-17(16-15-11)6-8-3-4-9(13)5-12(8)18(19)20/h3-5,7,10H,2,6H2,1H3. The number of nitro groups is 1. The van der Waals surface area contributed by atoms with Crippen molar-refractivity contribution in [1.82, 2.24) is 15.0 Å². The lowest BCUT2D eigenvalue weighted by Gasteiger charge is -2.03. The highest BCUT2D eigenvalue weighted by Gasteiger charge is 2.16. The SMILES string of the molecule is CCC(Br)c1cn(Cc2ccc(Br)cc2[N+](=O)[O-])nn1. The van der Waals surface area contributed by atoms with Gasteiger partial charge in [0.05, 0.1) is 27.6 Å². The summed E-state index contributed by atoms with van der Waals surface area (Å²) < 4.78 is 2.29. The normalized spacial score (nSPS) is 12.3. The van der Waals surface area contributed by atoms with E-state index in [1.165, 1.54) is 6.07 Å². The fourth-order valence-electron chi connectivity index (χ4n) is 1.76. The van der Waals surface area contributed by atoms with Crippen LogP contribution in [0.15, 0.2) is 28.9 Å². The molecule has 0 saturated carbocycles. The Morgan fingerprint density at radius 1 is 1.50 bits per heavy atom. The van der Waals surface area contributed by atoms with Crippen molar-refractivity contribution in [3.05, 3.63) is 50.2 Å². The first kappa shape index (κ1) is 15.1. The first-order valence-corrected chi connectivity index (χ1v) is 7.69. The van der Waals surface area contributed by atoms with Crippen molar-refractivity contribution in [3.63, 3.8) is 0 Å². The molecule has 0 aliphatic heterocycles. The Morgan fingerprint density at radius 2 is 2.25 bits per heavy atom. The van der Waals surface area contributed by atoms with Crippen LogP contribution in [-0.2, 0) is 6.54 Å². The third-order valence-electron chi connectivity index (χ3n) is 2.81. The fraction of sp³-hybridized carbons (Fsp3) is 0.333. The number of nitro benzene ring substituents is 1. The molecule has 0 bridgehead atoms. The van der Waals surface area contributed by atoms with E-state index in [9.17, 15) is 10.1 Å². The van der Waals surface area contributed by atoms with Gasteiger partial charge in [-0.25, -0.2) is 4.68 Å². The minimum atomic E-state index is -0.392. The van der Waals surface area contributed by atoms with Gasteiger partial charge in [-0.3, -0.25) is 10.1 Å². The van der Waals surface area contributed by atoms with E-state index in [0.29, 0.717) is 16.6 Å². The molecule has 0 radical (unpaired) electrons. The molecule has 6 nitrogen and oxygen atoms in total. The summed E-state index contributed by atoms with van der Waals surface area (Å²) in [6, 6.07) is 4.99. The summed E-state index contributed by atoms with van der Waals surface area (Å²) in [6.07, 6.45) is 2.70. The van der Waals surface area contributed by atoms with Crippen LogP contribution < -0.4 is 0 Å². The molecule has 106 valence electrons. The highest BCUT2D eigenvalue weighted by atomic mass is 79.9. The number of alkyl halides is 1. The van der Waals surface area contributed by atoms with Crippen LogP contribution >= 0.6 is 31.9 Å². The fourth-order valence-corrected chi connectivity index (χ4v) is 2.32. The van der Waals surface area contributed by atoms with E-state index < -0.39 is 4.92 Å². The number of nitrogens with zero attached hydrogens (tertiary/aromatic N) is 4. The van der Waals surface area contributed by atoms with Gasteiger partial charge in [0.1, 0.15) is 0 Å². The van der Waals surface area contributed by atoms with Crippen LogP contribution in [0.2, 0.25) is 0 Å². The minimum Gasteiger partial charge on any atom is -0.258 e. The Hall–Kier alpha value is -1.28. The van der Waals surface area contributed by atoms with Crippen molar-refractivity contribution in [1.29, 1.82) is 0 Å². The van der Waals surface area contributed by atoms with Gasteiger partial charge in [-0.15, -0.1) is 5.10 Å². The molecule has 0 spiro atoms. The zero-order valence-electron chi connectivity index (χ0n) is 10.7. The number of halogens is 2. The zero-order valence-corrected chi connectivity index (χ0v) is 13.8. The molecule has 1 heterocycles. The third kappa shape index (κ3) is 3.43. The van der Waals surface area contributed by atoms with Crippen molar-refractivity contribution >= 4 is 37.5 Å². The molecule has 1 unspecified atom stereocenters. The van der Waals surface area contributed by atoms with Crippen molar-refractivity contribution in [3.8, 4) is 0 Å². The molecule has 1 aromatic heterocycles. The van der Waals surface area contributed by atoms with E-state index in [1.807, 2.05) is 6.92 Å². The van der Waals surface area contributed by atoms with E-state index in [-0.39, 0.29) is 10.5 Å². The molecule has 0 amide bonds. The molecule has 1 aromatic carbocycles. The molecular weight excluding hydrogens is 392 g/mol. The third-order valence-corrected chi connectivity index (χ3v) is 4.42. The summed E-state index contributed by atoms with van der Waals surface area (Å²) in [5.41, 5.74) is 1.49. The van der Waals surface area contributed by atoms with Gasteiger partial charge < -0.3 is 0 Å². The largest absolute Gasteiger partial charge is 0.275 e. The highest BCUT2D eigenvalue weighted by molar-refractivity contribution is 9.10. The molecule has 0 aliphatic rings. The molecular formula is C12H12Br2N4O2. The van der Waals surface area contributed by atoms with E-state index in [0.717, 1.165) is 12.1 Å². The first-order valence-electron chi connectivity index (χ1n) is 5.98. The second-order valence-electron chi connectivity index (χ2n) is 4.25. The number of hydrogen-bond donors (Lipinski definition) is 0. The quantitative estimate of drug-likeness (QED) is 0.431. The summed E-state index contributed by atoms with van der Waals surface area (Å²) in [5, 5.41) is 19.1. The Labute approximate surface area is 132 Å². The van der Waals surface area contributed by atoms with Crippen LogP contribution in [0.1, 0.15) is 29.4 Å². The predicted molar refractivity (Wildman–Crippen MR) is 81.9 cm³/mol. The highest BCUT2D eigenvalue weighted by Crippen LogP contribution is 2.26. The Kier molecular flexibility index (Phi) is 4.87. The summed E-state index contributed by atoms with van der Waals surface area (Å²) >= 11 is 6.74. The molecule has 20 heavy (non-hydrogen) atoms.